The van der Waals surface area contributed by atoms with E-state index >= 15 is 0 Å². The van der Waals surface area contributed by atoms with E-state index in [0.29, 0.717) is 23.2 Å². The van der Waals surface area contributed by atoms with Gasteiger partial charge in [-0.05, 0) is 30.7 Å². The van der Waals surface area contributed by atoms with Gasteiger partial charge >= 0.3 is 0 Å². The summed E-state index contributed by atoms with van der Waals surface area (Å²) in [5.74, 6) is 0.0578. The molecule has 1 amide bonds. The molecule has 3 rings (SSSR count). The topological polar surface area (TPSA) is 66.9 Å². The Morgan fingerprint density at radius 2 is 1.96 bits per heavy atom. The lowest BCUT2D eigenvalue weighted by Gasteiger charge is -2.09. The second-order valence-corrected chi connectivity index (χ2v) is 5.95. The highest BCUT2D eigenvalue weighted by Gasteiger charge is 2.09. The number of para-hydroxylation sites is 1. The first-order valence-corrected chi connectivity index (χ1v) is 8.18. The smallest absolute Gasteiger partial charge is 0.270 e. The number of carbonyl (C=O) groups excluding carboxylic acids is 1. The van der Waals surface area contributed by atoms with Gasteiger partial charge < -0.3 is 10.6 Å². The molecule has 0 radical (unpaired) electrons. The zero-order valence-corrected chi connectivity index (χ0v) is 14.4. The first-order valence-electron chi connectivity index (χ1n) is 7.80. The number of halogens is 1. The molecule has 5 nitrogen and oxygen atoms in total. The summed E-state index contributed by atoms with van der Waals surface area (Å²) < 4.78 is 0. The maximum atomic E-state index is 12.3. The minimum atomic E-state index is -0.258. The lowest BCUT2D eigenvalue weighted by Crippen LogP contribution is -2.24. The normalized spacial score (nSPS) is 10.3. The average molecular weight is 353 g/mol. The van der Waals surface area contributed by atoms with Crippen molar-refractivity contribution in [2.45, 2.75) is 13.5 Å². The molecule has 126 valence electrons. The molecule has 0 saturated carbocycles. The van der Waals surface area contributed by atoms with Crippen molar-refractivity contribution in [2.24, 2.45) is 0 Å². The molecule has 25 heavy (non-hydrogen) atoms. The third-order valence-electron chi connectivity index (χ3n) is 3.54. The van der Waals surface area contributed by atoms with Crippen LogP contribution < -0.4 is 10.6 Å². The maximum absolute atomic E-state index is 12.3. The molecule has 0 aliphatic carbocycles. The van der Waals surface area contributed by atoms with Crippen molar-refractivity contribution in [1.29, 1.82) is 0 Å². The monoisotopic (exact) mass is 352 g/mol. The van der Waals surface area contributed by atoms with E-state index in [2.05, 4.69) is 20.6 Å². The van der Waals surface area contributed by atoms with Crippen molar-refractivity contribution in [3.8, 4) is 0 Å². The van der Waals surface area contributed by atoms with Gasteiger partial charge in [-0.3, -0.25) is 4.79 Å². The van der Waals surface area contributed by atoms with Crippen LogP contribution in [0.1, 0.15) is 21.6 Å². The molecule has 0 atom stereocenters. The molecule has 0 unspecified atom stereocenters. The van der Waals surface area contributed by atoms with Crippen LogP contribution in [0, 0.1) is 6.92 Å². The Kier molecular flexibility index (Phi) is 5.26. The van der Waals surface area contributed by atoms with E-state index in [1.165, 1.54) is 6.20 Å². The van der Waals surface area contributed by atoms with Gasteiger partial charge in [0.25, 0.3) is 5.91 Å². The highest BCUT2D eigenvalue weighted by Crippen LogP contribution is 2.23. The van der Waals surface area contributed by atoms with Gasteiger partial charge in [0.2, 0.25) is 5.95 Å². The van der Waals surface area contributed by atoms with Gasteiger partial charge in [-0.1, -0.05) is 53.6 Å². The van der Waals surface area contributed by atoms with Gasteiger partial charge in [0, 0.05) is 12.7 Å². The molecule has 1 aromatic heterocycles. The van der Waals surface area contributed by atoms with Crippen molar-refractivity contribution in [3.05, 3.63) is 82.6 Å². The van der Waals surface area contributed by atoms with E-state index < -0.39 is 0 Å². The molecular formula is C19H17ClN4O. The summed E-state index contributed by atoms with van der Waals surface area (Å²) in [6.45, 7) is 2.46. The Hall–Kier alpha value is -2.92. The zero-order valence-electron chi connectivity index (χ0n) is 13.7. The summed E-state index contributed by atoms with van der Waals surface area (Å²) >= 11 is 6.11. The quantitative estimate of drug-likeness (QED) is 0.725. The van der Waals surface area contributed by atoms with Crippen LogP contribution in [0.2, 0.25) is 5.02 Å². The first kappa shape index (κ1) is 16.9. The Balaban J connectivity index is 1.68. The number of nitrogens with one attached hydrogen (secondary N) is 2. The first-order chi connectivity index (χ1) is 12.1. The van der Waals surface area contributed by atoms with E-state index in [4.69, 9.17) is 11.6 Å². The Bertz CT molecular complexity index is 898. The number of benzene rings is 2. The van der Waals surface area contributed by atoms with Gasteiger partial charge in [0.15, 0.2) is 0 Å². The predicted molar refractivity (Wildman–Crippen MR) is 99.1 cm³/mol. The summed E-state index contributed by atoms with van der Waals surface area (Å²) in [4.78, 5) is 20.7. The average Bonchev–Trinajstić information content (AvgIpc) is 2.62. The largest absolute Gasteiger partial charge is 0.347 e. The number of hydrogen-bond donors (Lipinski definition) is 2. The molecule has 0 bridgehead atoms. The SMILES string of the molecule is Cc1cccc(CNC(=O)c2ccnc(Nc3ccccc3Cl)n2)c1. The van der Waals surface area contributed by atoms with Crippen LogP contribution in [0.3, 0.4) is 0 Å². The minimum Gasteiger partial charge on any atom is -0.347 e. The second-order valence-electron chi connectivity index (χ2n) is 5.54. The van der Waals surface area contributed by atoms with Crippen molar-refractivity contribution in [3.63, 3.8) is 0 Å². The Labute approximate surface area is 151 Å². The molecule has 3 aromatic rings. The molecule has 0 aliphatic rings. The van der Waals surface area contributed by atoms with Crippen molar-refractivity contribution >= 4 is 29.1 Å². The van der Waals surface area contributed by atoms with E-state index in [1.807, 2.05) is 49.4 Å². The molecule has 2 aromatic carbocycles. The van der Waals surface area contributed by atoms with Crippen LogP contribution in [0.4, 0.5) is 11.6 Å². The number of anilines is 2. The number of nitrogens with zero attached hydrogens (tertiary/aromatic N) is 2. The van der Waals surface area contributed by atoms with Crippen LogP contribution >= 0.6 is 11.6 Å². The molecule has 0 aliphatic heterocycles. The molecule has 0 spiro atoms. The third kappa shape index (κ3) is 4.55. The molecular weight excluding hydrogens is 336 g/mol. The lowest BCUT2D eigenvalue weighted by atomic mass is 10.1. The highest BCUT2D eigenvalue weighted by atomic mass is 35.5. The van der Waals surface area contributed by atoms with Crippen LogP contribution in [-0.2, 0) is 6.54 Å². The van der Waals surface area contributed by atoms with Gasteiger partial charge in [-0.15, -0.1) is 0 Å². The van der Waals surface area contributed by atoms with E-state index in [1.54, 1.807) is 12.1 Å². The zero-order chi connectivity index (χ0) is 17.6. The van der Waals surface area contributed by atoms with Gasteiger partial charge in [0.05, 0.1) is 10.7 Å². The van der Waals surface area contributed by atoms with Gasteiger partial charge in [0.1, 0.15) is 5.69 Å². The Morgan fingerprint density at radius 3 is 2.76 bits per heavy atom. The van der Waals surface area contributed by atoms with Crippen LogP contribution in [0.5, 0.6) is 0 Å². The summed E-state index contributed by atoms with van der Waals surface area (Å²) in [5, 5.41) is 6.43. The molecule has 2 N–H and O–H groups in total. The number of hydrogen-bond acceptors (Lipinski definition) is 4. The number of amides is 1. The fourth-order valence-electron chi connectivity index (χ4n) is 2.32. The molecule has 1 heterocycles. The fourth-order valence-corrected chi connectivity index (χ4v) is 2.51. The van der Waals surface area contributed by atoms with Crippen LogP contribution in [0.25, 0.3) is 0 Å². The number of aromatic nitrogens is 2. The molecule has 0 saturated heterocycles. The van der Waals surface area contributed by atoms with Gasteiger partial charge in [-0.25, -0.2) is 9.97 Å². The summed E-state index contributed by atoms with van der Waals surface area (Å²) in [5.41, 5.74) is 3.16. The second kappa shape index (κ2) is 7.77. The van der Waals surface area contributed by atoms with Crippen LogP contribution in [0.15, 0.2) is 60.8 Å². The summed E-state index contributed by atoms with van der Waals surface area (Å²) in [6.07, 6.45) is 1.54. The van der Waals surface area contributed by atoms with Crippen LogP contribution in [-0.4, -0.2) is 15.9 Å². The van der Waals surface area contributed by atoms with E-state index in [9.17, 15) is 4.79 Å². The van der Waals surface area contributed by atoms with Crippen molar-refractivity contribution in [2.75, 3.05) is 5.32 Å². The van der Waals surface area contributed by atoms with E-state index in [0.717, 1.165) is 11.1 Å². The third-order valence-corrected chi connectivity index (χ3v) is 3.87. The summed E-state index contributed by atoms with van der Waals surface area (Å²) in [7, 11) is 0. The van der Waals surface area contributed by atoms with E-state index in [-0.39, 0.29) is 11.6 Å². The van der Waals surface area contributed by atoms with Crippen molar-refractivity contribution < 1.29 is 4.79 Å². The molecule has 6 heteroatoms. The number of carbonyl (C=O) groups is 1. The fraction of sp³-hybridized carbons (Fsp3) is 0.105. The van der Waals surface area contributed by atoms with Crippen molar-refractivity contribution in [1.82, 2.24) is 15.3 Å². The molecule has 0 fully saturated rings. The summed E-state index contributed by atoms with van der Waals surface area (Å²) in [6, 6.07) is 16.8. The predicted octanol–water partition coefficient (Wildman–Crippen LogP) is 4.11. The van der Waals surface area contributed by atoms with Gasteiger partial charge in [-0.2, -0.15) is 0 Å². The highest BCUT2D eigenvalue weighted by molar-refractivity contribution is 6.33. The standard InChI is InChI=1S/C19H17ClN4O/c1-13-5-4-6-14(11-13)12-22-18(25)17-9-10-21-19(24-17)23-16-8-3-2-7-15(16)20/h2-11H,12H2,1H3,(H,22,25)(H,21,23,24). The Morgan fingerprint density at radius 1 is 1.12 bits per heavy atom. The number of aryl methyl sites for hydroxylation is 1. The maximum Gasteiger partial charge on any atom is 0.270 e. The lowest BCUT2D eigenvalue weighted by molar-refractivity contribution is 0.0946. The number of rotatable bonds is 5. The minimum absolute atomic E-state index is 0.258.